The second-order valence-electron chi connectivity index (χ2n) is 3.53. The summed E-state index contributed by atoms with van der Waals surface area (Å²) in [6, 6.07) is 13.9. The van der Waals surface area contributed by atoms with Crippen molar-refractivity contribution in [3.8, 4) is 0 Å². The van der Waals surface area contributed by atoms with Crippen molar-refractivity contribution in [2.75, 3.05) is 0 Å². The Hall–Kier alpha value is -1.60. The molecular formula is C14H9ClMgO5. The van der Waals surface area contributed by atoms with Gasteiger partial charge >= 0.3 is 29.0 Å². The van der Waals surface area contributed by atoms with E-state index >= 15 is 0 Å². The molecule has 7 heteroatoms. The van der Waals surface area contributed by atoms with Crippen LogP contribution in [0, 0.1) is 0 Å². The molecule has 2 aromatic carbocycles. The minimum atomic E-state index is -1.13. The van der Waals surface area contributed by atoms with E-state index in [-0.39, 0.29) is 34.2 Å². The molecule has 0 radical (unpaired) electrons. The molecule has 2 aromatic rings. The number of carbonyl (C=O) groups is 2. The number of hydrogen-bond acceptors (Lipinski definition) is 5. The number of hydrogen-bond donors (Lipinski definition) is 0. The van der Waals surface area contributed by atoms with Crippen molar-refractivity contribution in [1.82, 2.24) is 0 Å². The van der Waals surface area contributed by atoms with Crippen molar-refractivity contribution < 1.29 is 24.8 Å². The molecule has 5 nitrogen and oxygen atoms in total. The number of carboxylic acids is 1. The summed E-state index contributed by atoms with van der Waals surface area (Å²) >= 11 is 5.53. The molecule has 0 bridgehead atoms. The van der Waals surface area contributed by atoms with Crippen molar-refractivity contribution in [1.29, 1.82) is 0 Å². The van der Waals surface area contributed by atoms with Gasteiger partial charge in [0.1, 0.15) is 0 Å². The molecule has 0 atom stereocenters. The molecule has 0 aliphatic carbocycles. The normalized spacial score (nSPS) is 8.67. The maximum Gasteiger partial charge on any atom is 2.00 e. The maximum absolute atomic E-state index is 10.5. The molecule has 0 amide bonds. The van der Waals surface area contributed by atoms with Gasteiger partial charge in [0.15, 0.2) is 0 Å². The van der Waals surface area contributed by atoms with Gasteiger partial charge in [0.2, 0.25) is 0 Å². The predicted octanol–water partition coefficient (Wildman–Crippen LogP) is 0.441. The average Bonchev–Trinajstić information content (AvgIpc) is 2.49. The average molecular weight is 317 g/mol. The number of aromatic carboxylic acids is 1. The van der Waals surface area contributed by atoms with Crippen LogP contribution in [0.15, 0.2) is 54.6 Å². The Bertz CT molecular complexity index is 572. The van der Waals surface area contributed by atoms with Crippen LogP contribution in [-0.2, 0) is 4.89 Å². The van der Waals surface area contributed by atoms with Crippen LogP contribution in [0.2, 0.25) is 5.02 Å². The summed E-state index contributed by atoms with van der Waals surface area (Å²) in [5.41, 5.74) is 0.418. The molecule has 0 fully saturated rings. The summed E-state index contributed by atoms with van der Waals surface area (Å²) in [5, 5.41) is 20.2. The smallest absolute Gasteiger partial charge is 0.661 e. The largest absolute Gasteiger partial charge is 2.00 e. The van der Waals surface area contributed by atoms with Crippen LogP contribution in [0.1, 0.15) is 20.7 Å². The number of carbonyl (C=O) groups excluding carboxylic acids is 2. The van der Waals surface area contributed by atoms with Gasteiger partial charge in [-0.25, -0.2) is 4.79 Å². The summed E-state index contributed by atoms with van der Waals surface area (Å²) in [5.74, 6) is -2.03. The second-order valence-corrected chi connectivity index (χ2v) is 3.97. The van der Waals surface area contributed by atoms with Gasteiger partial charge in [0, 0.05) is 5.02 Å². The molecule has 0 aliphatic rings. The Morgan fingerprint density at radius 1 is 0.905 bits per heavy atom. The van der Waals surface area contributed by atoms with E-state index in [1.54, 1.807) is 18.2 Å². The summed E-state index contributed by atoms with van der Waals surface area (Å²) in [4.78, 5) is 23.9. The van der Waals surface area contributed by atoms with E-state index in [2.05, 4.69) is 4.89 Å². The van der Waals surface area contributed by atoms with E-state index < -0.39 is 11.9 Å². The summed E-state index contributed by atoms with van der Waals surface area (Å²) in [7, 11) is 0. The second kappa shape index (κ2) is 10.2. The molecule has 0 spiro atoms. The molecule has 104 valence electrons. The van der Waals surface area contributed by atoms with E-state index in [9.17, 15) is 20.0 Å². The molecule has 0 N–H and O–H groups in total. The summed E-state index contributed by atoms with van der Waals surface area (Å²) in [6.07, 6.45) is 0. The molecular weight excluding hydrogens is 308 g/mol. The van der Waals surface area contributed by atoms with Crippen LogP contribution in [0.3, 0.4) is 0 Å². The van der Waals surface area contributed by atoms with Gasteiger partial charge in [-0.05, 0) is 29.8 Å². The third kappa shape index (κ3) is 7.10. The fraction of sp³-hybridized carbons (Fsp3) is 0. The SMILES string of the molecule is O=C(O[O-])c1ccc(Cl)cc1.O=C([O-])c1ccccc1.[Mg+2]. The van der Waals surface area contributed by atoms with Crippen molar-refractivity contribution in [3.05, 3.63) is 70.7 Å². The zero-order valence-corrected chi connectivity index (χ0v) is 13.0. The van der Waals surface area contributed by atoms with Crippen molar-refractivity contribution in [3.63, 3.8) is 0 Å². The Balaban J connectivity index is 0.000000370. The number of halogens is 1. The fourth-order valence-electron chi connectivity index (χ4n) is 1.21. The summed E-state index contributed by atoms with van der Waals surface area (Å²) < 4.78 is 0. The minimum absolute atomic E-state index is 0. The summed E-state index contributed by atoms with van der Waals surface area (Å²) in [6.45, 7) is 0. The fourth-order valence-corrected chi connectivity index (χ4v) is 1.33. The third-order valence-corrected chi connectivity index (χ3v) is 2.42. The molecule has 2 rings (SSSR count). The first-order valence-corrected chi connectivity index (χ1v) is 5.78. The van der Waals surface area contributed by atoms with E-state index in [0.717, 1.165) is 0 Å². The van der Waals surface area contributed by atoms with Crippen LogP contribution in [0.5, 0.6) is 0 Å². The molecule has 0 heterocycles. The van der Waals surface area contributed by atoms with E-state index in [1.807, 2.05) is 0 Å². The van der Waals surface area contributed by atoms with Crippen molar-refractivity contribution in [2.45, 2.75) is 0 Å². The van der Waals surface area contributed by atoms with Gasteiger partial charge in [-0.15, -0.1) is 0 Å². The van der Waals surface area contributed by atoms with Crippen molar-refractivity contribution >= 4 is 46.6 Å². The molecule has 0 unspecified atom stereocenters. The predicted molar refractivity (Wildman–Crippen MR) is 73.4 cm³/mol. The van der Waals surface area contributed by atoms with Crippen LogP contribution in [-0.4, -0.2) is 35.0 Å². The Morgan fingerprint density at radius 3 is 1.81 bits per heavy atom. The molecule has 0 saturated carbocycles. The van der Waals surface area contributed by atoms with E-state index in [4.69, 9.17) is 11.6 Å². The van der Waals surface area contributed by atoms with Crippen LogP contribution >= 0.6 is 11.6 Å². The quantitative estimate of drug-likeness (QED) is 0.455. The van der Waals surface area contributed by atoms with Gasteiger partial charge in [-0.1, -0.05) is 41.9 Å². The Kier molecular flexibility index (Phi) is 9.39. The Morgan fingerprint density at radius 2 is 1.43 bits per heavy atom. The first-order chi connectivity index (χ1) is 9.54. The van der Waals surface area contributed by atoms with Crippen LogP contribution in [0.25, 0.3) is 0 Å². The first kappa shape index (κ1) is 19.4. The van der Waals surface area contributed by atoms with E-state index in [1.165, 1.54) is 36.4 Å². The monoisotopic (exact) mass is 316 g/mol. The number of rotatable bonds is 2. The Labute approximate surface area is 142 Å². The number of benzene rings is 2. The third-order valence-electron chi connectivity index (χ3n) is 2.17. The van der Waals surface area contributed by atoms with Gasteiger partial charge in [-0.3, -0.25) is 0 Å². The van der Waals surface area contributed by atoms with Crippen LogP contribution in [0.4, 0.5) is 0 Å². The topological polar surface area (TPSA) is 89.5 Å². The zero-order valence-electron chi connectivity index (χ0n) is 10.8. The first-order valence-electron chi connectivity index (χ1n) is 5.40. The van der Waals surface area contributed by atoms with Crippen LogP contribution < -0.4 is 10.4 Å². The van der Waals surface area contributed by atoms with Gasteiger partial charge in [0.05, 0.1) is 11.5 Å². The van der Waals surface area contributed by atoms with Crippen molar-refractivity contribution in [2.24, 2.45) is 0 Å². The minimum Gasteiger partial charge on any atom is -0.661 e. The molecule has 21 heavy (non-hydrogen) atoms. The maximum atomic E-state index is 10.5. The zero-order chi connectivity index (χ0) is 15.0. The van der Waals surface area contributed by atoms with Gasteiger partial charge in [0.25, 0.3) is 0 Å². The number of carboxylic acid groups (broad SMARTS) is 1. The molecule has 0 aliphatic heterocycles. The molecule has 0 saturated heterocycles. The standard InChI is InChI=1S/C7H5ClO3.C7H6O2.Mg/c8-6-3-1-5(2-4-6)7(9)11-10;8-7(9)6-4-2-1-3-5-6;/h1-4,10H;1-5H,(H,8,9);/q;;+2/p-2. The van der Waals surface area contributed by atoms with E-state index in [0.29, 0.717) is 5.02 Å². The molecule has 0 aromatic heterocycles. The van der Waals surface area contributed by atoms with Gasteiger partial charge in [-0.2, -0.15) is 0 Å². The van der Waals surface area contributed by atoms with Gasteiger partial charge < -0.3 is 20.0 Å².